The number of aryl methyl sites for hydroxylation is 2. The van der Waals surface area contributed by atoms with Gasteiger partial charge < -0.3 is 10.1 Å². The summed E-state index contributed by atoms with van der Waals surface area (Å²) in [5, 5.41) is 4.54. The predicted octanol–water partition coefficient (Wildman–Crippen LogP) is 1.49. The van der Waals surface area contributed by atoms with E-state index in [0.717, 1.165) is 12.1 Å². The summed E-state index contributed by atoms with van der Waals surface area (Å²) in [6, 6.07) is 0. The largest absolute Gasteiger partial charge is 0.368 e. The van der Waals surface area contributed by atoms with Crippen molar-refractivity contribution in [2.24, 2.45) is 0 Å². The zero-order valence-corrected chi connectivity index (χ0v) is 12.1. The van der Waals surface area contributed by atoms with E-state index in [1.807, 2.05) is 12.3 Å². The number of carbonyl (C=O) groups is 1. The number of hydrogen-bond acceptors (Lipinski definition) is 5. The van der Waals surface area contributed by atoms with Crippen LogP contribution in [0.15, 0.2) is 10.2 Å². The van der Waals surface area contributed by atoms with Gasteiger partial charge in [0.2, 0.25) is 0 Å². The molecule has 1 fully saturated rings. The van der Waals surface area contributed by atoms with E-state index in [2.05, 4.69) is 10.3 Å². The van der Waals surface area contributed by atoms with Gasteiger partial charge in [0.1, 0.15) is 11.8 Å². The second kappa shape index (κ2) is 4.99. The number of carbonyl (C=O) groups excluding carboxylic acids is 1. The number of thiazole rings is 1. The number of rotatable bonds is 2. The highest BCUT2D eigenvalue weighted by Gasteiger charge is 2.25. The fourth-order valence-corrected chi connectivity index (χ4v) is 3.22. The van der Waals surface area contributed by atoms with Gasteiger partial charge in [0.15, 0.2) is 4.96 Å². The first-order valence-electron chi connectivity index (χ1n) is 6.48. The smallest absolute Gasteiger partial charge is 0.282 e. The van der Waals surface area contributed by atoms with Crippen LogP contribution < -0.4 is 10.9 Å². The van der Waals surface area contributed by atoms with Gasteiger partial charge in [-0.3, -0.25) is 14.0 Å². The molecule has 0 saturated carbocycles. The van der Waals surface area contributed by atoms with E-state index in [1.54, 1.807) is 6.92 Å². The van der Waals surface area contributed by atoms with Crippen LogP contribution in [0.4, 0.5) is 5.69 Å². The molecule has 3 heterocycles. The van der Waals surface area contributed by atoms with Crippen molar-refractivity contribution in [2.45, 2.75) is 32.8 Å². The topological polar surface area (TPSA) is 72.7 Å². The Morgan fingerprint density at radius 3 is 3.05 bits per heavy atom. The molecule has 7 heteroatoms. The number of amides is 1. The third-order valence-electron chi connectivity index (χ3n) is 3.39. The van der Waals surface area contributed by atoms with Gasteiger partial charge in [-0.2, -0.15) is 0 Å². The molecule has 3 rings (SSSR count). The van der Waals surface area contributed by atoms with E-state index in [4.69, 9.17) is 4.74 Å². The van der Waals surface area contributed by atoms with Crippen LogP contribution >= 0.6 is 11.3 Å². The maximum atomic E-state index is 12.5. The molecule has 2 aromatic rings. The standard InChI is InChI=1S/C13H15N3O3S/c1-7-6-20-13-14-8(2)10(12(18)16(7)13)15-11(17)9-4-3-5-19-9/h6,9H,3-5H2,1-2H3,(H,15,17)/t9-/m0/s1. The minimum atomic E-state index is -0.460. The summed E-state index contributed by atoms with van der Waals surface area (Å²) in [7, 11) is 0. The van der Waals surface area contributed by atoms with Crippen LogP contribution in [0.3, 0.4) is 0 Å². The third kappa shape index (κ3) is 2.12. The number of nitrogens with one attached hydrogen (secondary N) is 1. The first-order chi connectivity index (χ1) is 9.58. The van der Waals surface area contributed by atoms with Gasteiger partial charge in [-0.05, 0) is 26.7 Å². The predicted molar refractivity (Wildman–Crippen MR) is 76.4 cm³/mol. The number of hydrogen-bond donors (Lipinski definition) is 1. The molecule has 0 spiro atoms. The Balaban J connectivity index is 2.00. The summed E-state index contributed by atoms with van der Waals surface area (Å²) >= 11 is 1.41. The summed E-state index contributed by atoms with van der Waals surface area (Å²) in [6.07, 6.45) is 1.11. The van der Waals surface area contributed by atoms with Crippen molar-refractivity contribution in [3.8, 4) is 0 Å². The molecule has 0 unspecified atom stereocenters. The van der Waals surface area contributed by atoms with Crippen molar-refractivity contribution in [1.29, 1.82) is 0 Å². The molecule has 1 aliphatic heterocycles. The molecule has 106 valence electrons. The molecule has 1 N–H and O–H groups in total. The summed E-state index contributed by atoms with van der Waals surface area (Å²) in [4.78, 5) is 29.5. The maximum absolute atomic E-state index is 12.5. The lowest BCUT2D eigenvalue weighted by Crippen LogP contribution is -2.31. The van der Waals surface area contributed by atoms with Crippen LogP contribution in [-0.2, 0) is 9.53 Å². The molecule has 0 aliphatic carbocycles. The first-order valence-corrected chi connectivity index (χ1v) is 7.36. The minimum Gasteiger partial charge on any atom is -0.368 e. The molecule has 2 aromatic heterocycles. The van der Waals surface area contributed by atoms with Crippen molar-refractivity contribution >= 4 is 27.9 Å². The SMILES string of the molecule is Cc1nc2scc(C)n2c(=O)c1NC(=O)[C@@H]1CCCO1. The van der Waals surface area contributed by atoms with E-state index >= 15 is 0 Å². The quantitative estimate of drug-likeness (QED) is 0.910. The van der Waals surface area contributed by atoms with E-state index in [1.165, 1.54) is 15.7 Å². The van der Waals surface area contributed by atoms with Gasteiger partial charge in [0, 0.05) is 17.7 Å². The second-order valence-electron chi connectivity index (χ2n) is 4.86. The number of nitrogens with zero attached hydrogens (tertiary/aromatic N) is 2. The van der Waals surface area contributed by atoms with Crippen molar-refractivity contribution in [1.82, 2.24) is 9.38 Å². The average molecular weight is 293 g/mol. The lowest BCUT2D eigenvalue weighted by atomic mass is 10.2. The molecule has 6 nitrogen and oxygen atoms in total. The molecule has 0 bridgehead atoms. The highest BCUT2D eigenvalue weighted by molar-refractivity contribution is 7.15. The van der Waals surface area contributed by atoms with E-state index in [9.17, 15) is 9.59 Å². The Morgan fingerprint density at radius 1 is 1.55 bits per heavy atom. The molecular weight excluding hydrogens is 278 g/mol. The minimum absolute atomic E-state index is 0.238. The second-order valence-corrected chi connectivity index (χ2v) is 5.70. The molecule has 0 radical (unpaired) electrons. The molecule has 1 atom stereocenters. The number of ether oxygens (including phenoxy) is 1. The summed E-state index contributed by atoms with van der Waals surface area (Å²) < 4.78 is 6.84. The van der Waals surface area contributed by atoms with Crippen molar-refractivity contribution in [2.75, 3.05) is 11.9 Å². The number of anilines is 1. The summed E-state index contributed by atoms with van der Waals surface area (Å²) in [6.45, 7) is 4.16. The third-order valence-corrected chi connectivity index (χ3v) is 4.33. The van der Waals surface area contributed by atoms with Gasteiger partial charge in [0.25, 0.3) is 11.5 Å². The molecule has 1 aliphatic rings. The van der Waals surface area contributed by atoms with Gasteiger partial charge in [-0.25, -0.2) is 4.98 Å². The number of fused-ring (bicyclic) bond motifs is 1. The van der Waals surface area contributed by atoms with Crippen LogP contribution in [0.1, 0.15) is 24.2 Å². The van der Waals surface area contributed by atoms with Crippen LogP contribution in [0, 0.1) is 13.8 Å². The van der Waals surface area contributed by atoms with Gasteiger partial charge in [-0.1, -0.05) is 0 Å². The number of aromatic nitrogens is 2. The van der Waals surface area contributed by atoms with Gasteiger partial charge in [-0.15, -0.1) is 11.3 Å². The molecule has 1 amide bonds. The average Bonchev–Trinajstić information content (AvgIpc) is 3.04. The monoisotopic (exact) mass is 293 g/mol. The Labute approximate surface area is 119 Å². The highest BCUT2D eigenvalue weighted by Crippen LogP contribution is 2.18. The van der Waals surface area contributed by atoms with Gasteiger partial charge >= 0.3 is 0 Å². The lowest BCUT2D eigenvalue weighted by Gasteiger charge is -2.11. The lowest BCUT2D eigenvalue weighted by molar-refractivity contribution is -0.124. The van der Waals surface area contributed by atoms with E-state index < -0.39 is 6.10 Å². The molecule has 0 aromatic carbocycles. The fourth-order valence-electron chi connectivity index (χ4n) is 2.32. The summed E-state index contributed by atoms with van der Waals surface area (Å²) in [5.74, 6) is -0.266. The Bertz CT molecular complexity index is 728. The first kappa shape index (κ1) is 13.3. The van der Waals surface area contributed by atoms with E-state index in [-0.39, 0.29) is 17.2 Å². The van der Waals surface area contributed by atoms with Crippen molar-refractivity contribution in [3.63, 3.8) is 0 Å². The Morgan fingerprint density at radius 2 is 2.35 bits per heavy atom. The Kier molecular flexibility index (Phi) is 3.31. The maximum Gasteiger partial charge on any atom is 0.282 e. The van der Waals surface area contributed by atoms with Crippen molar-refractivity contribution < 1.29 is 9.53 Å². The van der Waals surface area contributed by atoms with Crippen LogP contribution in [-0.4, -0.2) is 28.0 Å². The Hall–Kier alpha value is -1.73. The fraction of sp³-hybridized carbons (Fsp3) is 0.462. The molecule has 1 saturated heterocycles. The summed E-state index contributed by atoms with van der Waals surface area (Å²) in [5.41, 5.74) is 1.35. The van der Waals surface area contributed by atoms with Crippen LogP contribution in [0.5, 0.6) is 0 Å². The van der Waals surface area contributed by atoms with E-state index in [0.29, 0.717) is 23.7 Å². The zero-order chi connectivity index (χ0) is 14.3. The normalized spacial score (nSPS) is 18.6. The van der Waals surface area contributed by atoms with Gasteiger partial charge in [0.05, 0.1) is 5.69 Å². The van der Waals surface area contributed by atoms with Crippen molar-refractivity contribution in [3.05, 3.63) is 27.1 Å². The zero-order valence-electron chi connectivity index (χ0n) is 11.3. The molecule has 20 heavy (non-hydrogen) atoms. The van der Waals surface area contributed by atoms with Crippen LogP contribution in [0.25, 0.3) is 4.96 Å². The van der Waals surface area contributed by atoms with Crippen LogP contribution in [0.2, 0.25) is 0 Å². The highest BCUT2D eigenvalue weighted by atomic mass is 32.1. The molecular formula is C13H15N3O3S.